The molecule has 0 spiro atoms. The second kappa shape index (κ2) is 4.25. The second-order valence-corrected chi connectivity index (χ2v) is 4.30. The van der Waals surface area contributed by atoms with Crippen molar-refractivity contribution in [3.05, 3.63) is 17.7 Å². The molecular formula is C11H17N3O2. The van der Waals surface area contributed by atoms with Crippen LogP contribution in [0.25, 0.3) is 0 Å². The minimum atomic E-state index is -0.371. The smallest absolute Gasteiger partial charge is 0.358 e. The maximum Gasteiger partial charge on any atom is 0.358 e. The summed E-state index contributed by atoms with van der Waals surface area (Å²) in [6, 6.07) is -0.0769. The number of carbonyl (C=O) groups excluding carboxylic acids is 1. The van der Waals surface area contributed by atoms with Crippen LogP contribution in [0, 0.1) is 5.92 Å². The first-order valence-corrected chi connectivity index (χ1v) is 5.61. The second-order valence-electron chi connectivity index (χ2n) is 4.30. The molecule has 88 valence electrons. The summed E-state index contributed by atoms with van der Waals surface area (Å²) in [5, 5.41) is 0. The Hall–Kier alpha value is -1.36. The monoisotopic (exact) mass is 223 g/mol. The van der Waals surface area contributed by atoms with E-state index in [1.807, 2.05) is 4.57 Å². The molecule has 2 heterocycles. The van der Waals surface area contributed by atoms with Crippen LogP contribution in [0.15, 0.2) is 6.20 Å². The van der Waals surface area contributed by atoms with Gasteiger partial charge in [0.25, 0.3) is 0 Å². The summed E-state index contributed by atoms with van der Waals surface area (Å²) in [7, 11) is 0. The van der Waals surface area contributed by atoms with Crippen molar-refractivity contribution in [2.24, 2.45) is 11.7 Å². The van der Waals surface area contributed by atoms with Gasteiger partial charge in [0.05, 0.1) is 12.6 Å². The molecule has 0 saturated carbocycles. The standard InChI is InChI=1S/C11H17N3O2/c1-3-16-11(15)9-6-14-5-7(2)4-8(12)10(14)13-9/h6-8H,3-5,12H2,1-2H3. The zero-order valence-electron chi connectivity index (χ0n) is 9.64. The highest BCUT2D eigenvalue weighted by Crippen LogP contribution is 2.26. The van der Waals surface area contributed by atoms with Gasteiger partial charge in [-0.3, -0.25) is 0 Å². The molecule has 1 aromatic heterocycles. The Bertz CT molecular complexity index is 400. The lowest BCUT2D eigenvalue weighted by molar-refractivity contribution is 0.0520. The highest BCUT2D eigenvalue weighted by Gasteiger charge is 2.25. The molecule has 1 aliphatic rings. The van der Waals surface area contributed by atoms with Gasteiger partial charge in [-0.2, -0.15) is 0 Å². The minimum Gasteiger partial charge on any atom is -0.461 e. The number of nitrogens with zero attached hydrogens (tertiary/aromatic N) is 2. The minimum absolute atomic E-state index is 0.0769. The van der Waals surface area contributed by atoms with Crippen LogP contribution in [0.5, 0.6) is 0 Å². The number of fused-ring (bicyclic) bond motifs is 1. The van der Waals surface area contributed by atoms with E-state index in [1.54, 1.807) is 13.1 Å². The molecule has 1 aromatic rings. The molecule has 0 amide bonds. The molecule has 0 radical (unpaired) electrons. The van der Waals surface area contributed by atoms with E-state index >= 15 is 0 Å². The average Bonchev–Trinajstić information content (AvgIpc) is 2.62. The Morgan fingerprint density at radius 1 is 1.75 bits per heavy atom. The largest absolute Gasteiger partial charge is 0.461 e. The van der Waals surface area contributed by atoms with Crippen molar-refractivity contribution in [3.8, 4) is 0 Å². The molecule has 0 aromatic carbocycles. The fourth-order valence-electron chi connectivity index (χ4n) is 2.12. The van der Waals surface area contributed by atoms with Gasteiger partial charge in [0, 0.05) is 12.7 Å². The van der Waals surface area contributed by atoms with Gasteiger partial charge in [-0.15, -0.1) is 0 Å². The Balaban J connectivity index is 2.26. The maximum absolute atomic E-state index is 11.5. The number of ether oxygens (including phenoxy) is 1. The molecular weight excluding hydrogens is 206 g/mol. The predicted octanol–water partition coefficient (Wildman–Crippen LogP) is 1.10. The first kappa shape index (κ1) is 11.1. The molecule has 2 N–H and O–H groups in total. The molecule has 0 bridgehead atoms. The third-order valence-corrected chi connectivity index (χ3v) is 2.79. The van der Waals surface area contributed by atoms with Crippen LogP contribution in [0.4, 0.5) is 0 Å². The summed E-state index contributed by atoms with van der Waals surface area (Å²) in [6.07, 6.45) is 2.65. The van der Waals surface area contributed by atoms with Gasteiger partial charge in [0.15, 0.2) is 5.69 Å². The van der Waals surface area contributed by atoms with Gasteiger partial charge in [-0.25, -0.2) is 9.78 Å². The maximum atomic E-state index is 11.5. The van der Waals surface area contributed by atoms with Crippen molar-refractivity contribution in [3.63, 3.8) is 0 Å². The Labute approximate surface area is 94.6 Å². The van der Waals surface area contributed by atoms with Crippen molar-refractivity contribution in [2.45, 2.75) is 32.9 Å². The topological polar surface area (TPSA) is 70.1 Å². The predicted molar refractivity (Wildman–Crippen MR) is 58.9 cm³/mol. The van der Waals surface area contributed by atoms with Crippen LogP contribution in [0.3, 0.4) is 0 Å². The quantitative estimate of drug-likeness (QED) is 0.762. The molecule has 5 nitrogen and oxygen atoms in total. The molecule has 2 atom stereocenters. The number of imidazole rings is 1. The highest BCUT2D eigenvalue weighted by molar-refractivity contribution is 5.87. The van der Waals surface area contributed by atoms with Crippen molar-refractivity contribution >= 4 is 5.97 Å². The van der Waals surface area contributed by atoms with Crippen LogP contribution in [0.2, 0.25) is 0 Å². The van der Waals surface area contributed by atoms with Crippen LogP contribution < -0.4 is 5.73 Å². The van der Waals surface area contributed by atoms with E-state index < -0.39 is 0 Å². The molecule has 1 aliphatic heterocycles. The van der Waals surface area contributed by atoms with E-state index in [4.69, 9.17) is 10.5 Å². The molecule has 2 rings (SSSR count). The Morgan fingerprint density at radius 2 is 2.50 bits per heavy atom. The van der Waals surface area contributed by atoms with Crippen molar-refractivity contribution in [1.29, 1.82) is 0 Å². The van der Waals surface area contributed by atoms with E-state index in [0.717, 1.165) is 18.8 Å². The van der Waals surface area contributed by atoms with Crippen LogP contribution >= 0.6 is 0 Å². The molecule has 0 saturated heterocycles. The normalized spacial score (nSPS) is 23.9. The zero-order chi connectivity index (χ0) is 11.7. The van der Waals surface area contributed by atoms with Crippen LogP contribution in [-0.4, -0.2) is 22.1 Å². The average molecular weight is 223 g/mol. The summed E-state index contributed by atoms with van der Waals surface area (Å²) in [6.45, 7) is 5.16. The third-order valence-electron chi connectivity index (χ3n) is 2.79. The fourth-order valence-corrected chi connectivity index (χ4v) is 2.12. The summed E-state index contributed by atoms with van der Waals surface area (Å²) in [5.41, 5.74) is 6.35. The summed E-state index contributed by atoms with van der Waals surface area (Å²) in [5.74, 6) is 0.942. The number of hydrogen-bond donors (Lipinski definition) is 1. The number of carbonyl (C=O) groups is 1. The lowest BCUT2D eigenvalue weighted by atomic mass is 9.98. The third kappa shape index (κ3) is 1.95. The van der Waals surface area contributed by atoms with Crippen molar-refractivity contribution < 1.29 is 9.53 Å². The van der Waals surface area contributed by atoms with Gasteiger partial charge in [-0.05, 0) is 19.3 Å². The molecule has 0 fully saturated rings. The van der Waals surface area contributed by atoms with Gasteiger partial charge in [0.2, 0.25) is 0 Å². The lowest BCUT2D eigenvalue weighted by Gasteiger charge is -2.25. The number of rotatable bonds is 2. The van der Waals surface area contributed by atoms with Crippen LogP contribution in [-0.2, 0) is 11.3 Å². The Kier molecular flexibility index (Phi) is 2.96. The van der Waals surface area contributed by atoms with E-state index in [1.165, 1.54) is 0 Å². The van der Waals surface area contributed by atoms with E-state index in [2.05, 4.69) is 11.9 Å². The molecule has 0 aliphatic carbocycles. The van der Waals surface area contributed by atoms with Gasteiger partial charge >= 0.3 is 5.97 Å². The number of aromatic nitrogens is 2. The number of hydrogen-bond acceptors (Lipinski definition) is 4. The molecule has 2 unspecified atom stereocenters. The zero-order valence-corrected chi connectivity index (χ0v) is 9.64. The Morgan fingerprint density at radius 3 is 3.19 bits per heavy atom. The SMILES string of the molecule is CCOC(=O)c1cn2c(n1)C(N)CC(C)C2. The van der Waals surface area contributed by atoms with Crippen LogP contribution in [0.1, 0.15) is 42.6 Å². The van der Waals surface area contributed by atoms with E-state index in [9.17, 15) is 4.79 Å². The number of esters is 1. The lowest BCUT2D eigenvalue weighted by Crippen LogP contribution is -2.26. The first-order chi connectivity index (χ1) is 7.61. The highest BCUT2D eigenvalue weighted by atomic mass is 16.5. The van der Waals surface area contributed by atoms with E-state index in [0.29, 0.717) is 18.2 Å². The fraction of sp³-hybridized carbons (Fsp3) is 0.636. The van der Waals surface area contributed by atoms with Gasteiger partial charge in [-0.1, -0.05) is 6.92 Å². The van der Waals surface area contributed by atoms with E-state index in [-0.39, 0.29) is 12.0 Å². The van der Waals surface area contributed by atoms with Crippen molar-refractivity contribution in [2.75, 3.05) is 6.61 Å². The number of nitrogens with two attached hydrogens (primary N) is 1. The molecule has 5 heteroatoms. The first-order valence-electron chi connectivity index (χ1n) is 5.61. The molecule has 16 heavy (non-hydrogen) atoms. The van der Waals surface area contributed by atoms with Gasteiger partial charge in [0.1, 0.15) is 5.82 Å². The van der Waals surface area contributed by atoms with Gasteiger partial charge < -0.3 is 15.0 Å². The summed E-state index contributed by atoms with van der Waals surface area (Å²) in [4.78, 5) is 15.8. The van der Waals surface area contributed by atoms with Crippen molar-refractivity contribution in [1.82, 2.24) is 9.55 Å². The summed E-state index contributed by atoms with van der Waals surface area (Å²) >= 11 is 0. The summed E-state index contributed by atoms with van der Waals surface area (Å²) < 4.78 is 6.88.